The fraction of sp³-hybridized carbons (Fsp3) is 0.849. The van der Waals surface area contributed by atoms with Crippen LogP contribution in [0.1, 0.15) is 125 Å². The second kappa shape index (κ2) is 27.8. The van der Waals surface area contributed by atoms with E-state index in [0.29, 0.717) is 37.9 Å². The third-order valence-electron chi connectivity index (χ3n) is 16.8. The number of ketones is 1. The normalized spacial score (nSPS) is 43.4. The van der Waals surface area contributed by atoms with Gasteiger partial charge in [0.2, 0.25) is 0 Å². The summed E-state index contributed by atoms with van der Waals surface area (Å²) in [6.45, 7) is 21.2. The van der Waals surface area contributed by atoms with Crippen LogP contribution >= 0.6 is 0 Å². The molecule has 0 bridgehead atoms. The highest BCUT2D eigenvalue weighted by Crippen LogP contribution is 2.44. The maximum Gasteiger partial charge on any atom is 0.338 e. The van der Waals surface area contributed by atoms with E-state index in [-0.39, 0.29) is 23.7 Å². The van der Waals surface area contributed by atoms with Crippen LogP contribution in [0.2, 0.25) is 0 Å². The zero-order valence-corrected chi connectivity index (χ0v) is 46.5. The lowest BCUT2D eigenvalue weighted by molar-refractivity contribution is -0.370. The Morgan fingerprint density at radius 3 is 1.60 bits per heavy atom. The molecule has 1 aromatic carbocycles. The largest absolute Gasteiger partial charge is 0.453 e. The standard InChI is InChI=1S/C53H81N9O15/c1-13-34-25(4)26(5)38(57-60-54)50(68-34)76-44-30(9)45(71-37-23-19-20-24-66-37)53(77-47(44)31(10)63)75-43-28(7)40(59-62-56)51(70-36(43)15-3)73-41-29(8)46(72-48(64)33-21-17-16-18-22-33)52(67-32(41)11)74-42-27(6)39(58-61-55)49(65-12)69-35(42)14-2/h16-18,21-22,25-30,32,34-47,49-53H,13-15,19-20,23-24H2,1-12H3/t25-,26-,27+,28+,29-,30-,32?,34-,35?,36?,37?,38?,39?,40?,41-,42-,43-,44-,45?,46?,47-,49-,50+,51+,52+,53+/m0/s1. The Morgan fingerprint density at radius 1 is 0.558 bits per heavy atom. The molecule has 24 heteroatoms. The van der Waals surface area contributed by atoms with E-state index >= 15 is 0 Å². The quantitative estimate of drug-likeness (QED) is 0.0508. The average molecular weight is 1080 g/mol. The van der Waals surface area contributed by atoms with Crippen LogP contribution in [0.3, 0.4) is 0 Å². The average Bonchev–Trinajstić information content (AvgIpc) is 3.45. The molecular formula is C53H81N9O15. The van der Waals surface area contributed by atoms with Crippen molar-refractivity contribution in [3.8, 4) is 0 Å². The highest BCUT2D eigenvalue weighted by molar-refractivity contribution is 5.89. The van der Waals surface area contributed by atoms with Crippen molar-refractivity contribution in [1.29, 1.82) is 0 Å². The topological polar surface area (TPSA) is 300 Å². The summed E-state index contributed by atoms with van der Waals surface area (Å²) in [6, 6.07) is 6.16. The fourth-order valence-corrected chi connectivity index (χ4v) is 12.1. The maximum absolute atomic E-state index is 13.9. The first-order valence-corrected chi connectivity index (χ1v) is 27.6. The molecule has 7 rings (SSSR count). The minimum Gasteiger partial charge on any atom is -0.453 e. The number of azide groups is 3. The molecule has 0 radical (unpaired) electrons. The van der Waals surface area contributed by atoms with Crippen molar-refractivity contribution >= 4 is 11.8 Å². The number of carbonyl (C=O) groups excluding carboxylic acids is 2. The summed E-state index contributed by atoms with van der Waals surface area (Å²) < 4.78 is 85.1. The summed E-state index contributed by atoms with van der Waals surface area (Å²) in [5, 5.41) is 12.4. The molecule has 6 saturated heterocycles. The molecule has 6 fully saturated rings. The fourth-order valence-electron chi connectivity index (χ4n) is 12.1. The SMILES string of the molecule is CCC1O[C@H](O[C@@H]2C(C)O[C@H](O[C@@H]3C(CC)O[C@H](OC)C(N=[N+]=[N-])[C@H]3C)C(OC(=O)c3ccccc3)[C@H]2C)C(N=[N+]=[N-])[C@@H](C)[C@@H]1O[C@@H]1O[C@@H](C(C)=O)[C@@H](O[C@H]2O[C@@H](CC)[C@@H](C)[C@H](C)C2N=[N+]=[N-])[C@H](C)C1OC1CCCCO1. The van der Waals surface area contributed by atoms with Gasteiger partial charge in [0.1, 0.15) is 12.2 Å². The van der Waals surface area contributed by atoms with Gasteiger partial charge in [0.05, 0.1) is 72.5 Å². The molecule has 0 N–H and O–H groups in total. The molecule has 428 valence electrons. The van der Waals surface area contributed by atoms with Crippen LogP contribution in [0, 0.1) is 35.5 Å². The molecule has 1 aromatic rings. The van der Waals surface area contributed by atoms with E-state index in [1.54, 1.807) is 30.3 Å². The molecule has 24 nitrogen and oxygen atoms in total. The summed E-state index contributed by atoms with van der Waals surface area (Å²) >= 11 is 0. The van der Waals surface area contributed by atoms with Crippen LogP contribution < -0.4 is 0 Å². The number of carbonyl (C=O) groups is 2. The van der Waals surface area contributed by atoms with Crippen molar-refractivity contribution in [3.05, 3.63) is 67.2 Å². The lowest BCUT2D eigenvalue weighted by Crippen LogP contribution is -2.64. The van der Waals surface area contributed by atoms with E-state index in [4.69, 9.17) is 61.6 Å². The predicted molar refractivity (Wildman–Crippen MR) is 275 cm³/mol. The van der Waals surface area contributed by atoms with E-state index in [9.17, 15) is 26.2 Å². The Balaban J connectivity index is 1.15. The lowest BCUT2D eigenvalue weighted by Gasteiger charge is -2.52. The summed E-state index contributed by atoms with van der Waals surface area (Å²) in [6.07, 6.45) is -10.2. The van der Waals surface area contributed by atoms with E-state index in [2.05, 4.69) is 37.0 Å². The molecule has 26 atom stereocenters. The van der Waals surface area contributed by atoms with Gasteiger partial charge >= 0.3 is 5.97 Å². The molecular weight excluding hydrogens is 1000 g/mol. The third kappa shape index (κ3) is 13.5. The Labute approximate surface area is 451 Å². The first-order chi connectivity index (χ1) is 37.0. The molecule has 0 spiro atoms. The molecule has 6 aliphatic heterocycles. The second-order valence-corrected chi connectivity index (χ2v) is 21.6. The van der Waals surface area contributed by atoms with Crippen LogP contribution in [-0.2, 0) is 66.4 Å². The van der Waals surface area contributed by atoms with E-state index in [1.807, 2.05) is 62.3 Å². The molecule has 6 aliphatic rings. The summed E-state index contributed by atoms with van der Waals surface area (Å²) in [5.74, 6) is -3.14. The van der Waals surface area contributed by atoms with Crippen molar-refractivity contribution in [2.75, 3.05) is 13.7 Å². The van der Waals surface area contributed by atoms with Gasteiger partial charge in [0, 0.05) is 40.3 Å². The van der Waals surface area contributed by atoms with E-state index in [1.165, 1.54) is 14.0 Å². The molecule has 0 aromatic heterocycles. The summed E-state index contributed by atoms with van der Waals surface area (Å²) in [4.78, 5) is 37.1. The van der Waals surface area contributed by atoms with E-state index < -0.39 is 147 Å². The van der Waals surface area contributed by atoms with Gasteiger partial charge in [0.15, 0.2) is 49.6 Å². The Hall–Kier alpha value is -4.19. The summed E-state index contributed by atoms with van der Waals surface area (Å²) in [7, 11) is 1.48. The summed E-state index contributed by atoms with van der Waals surface area (Å²) in [5.41, 5.74) is 29.6. The Bertz CT molecular complexity index is 2240. The van der Waals surface area contributed by atoms with Gasteiger partial charge in [-0.3, -0.25) is 4.79 Å². The van der Waals surface area contributed by atoms with Gasteiger partial charge in [-0.25, -0.2) is 4.79 Å². The van der Waals surface area contributed by atoms with Crippen LogP contribution in [0.5, 0.6) is 0 Å². The molecule has 0 amide bonds. The van der Waals surface area contributed by atoms with Crippen LogP contribution in [0.4, 0.5) is 0 Å². The minimum absolute atomic E-state index is 0.0741. The van der Waals surface area contributed by atoms with Crippen molar-refractivity contribution in [1.82, 2.24) is 0 Å². The molecule has 0 saturated carbocycles. The van der Waals surface area contributed by atoms with E-state index in [0.717, 1.165) is 12.8 Å². The van der Waals surface area contributed by atoms with Gasteiger partial charge in [-0.2, -0.15) is 0 Å². The Kier molecular flexibility index (Phi) is 21.8. The minimum atomic E-state index is -1.17. The number of hydrogen-bond acceptors (Lipinski definition) is 18. The van der Waals surface area contributed by atoms with Crippen molar-refractivity contribution < 1.29 is 71.2 Å². The first kappa shape index (κ1) is 60.5. The van der Waals surface area contributed by atoms with Gasteiger partial charge in [0.25, 0.3) is 0 Å². The van der Waals surface area contributed by atoms with Crippen LogP contribution in [0.25, 0.3) is 31.3 Å². The number of methoxy groups -OCH3 is 1. The van der Waals surface area contributed by atoms with Crippen molar-refractivity contribution in [3.63, 3.8) is 0 Å². The number of nitrogens with zero attached hydrogens (tertiary/aromatic N) is 9. The van der Waals surface area contributed by atoms with Crippen LogP contribution in [0.15, 0.2) is 45.7 Å². The predicted octanol–water partition coefficient (Wildman–Crippen LogP) is 9.63. The molecule has 6 heterocycles. The molecule has 77 heavy (non-hydrogen) atoms. The first-order valence-electron chi connectivity index (χ1n) is 27.6. The third-order valence-corrected chi connectivity index (χ3v) is 16.8. The highest BCUT2D eigenvalue weighted by atomic mass is 16.8. The lowest BCUT2D eigenvalue weighted by atomic mass is 9.81. The highest BCUT2D eigenvalue weighted by Gasteiger charge is 2.56. The van der Waals surface area contributed by atoms with Crippen molar-refractivity contribution in [2.45, 2.75) is 238 Å². The molecule has 0 aliphatic carbocycles. The molecule has 9 unspecified atom stereocenters. The zero-order valence-electron chi connectivity index (χ0n) is 46.5. The van der Waals surface area contributed by atoms with Crippen LogP contribution in [-0.4, -0.2) is 148 Å². The zero-order chi connectivity index (χ0) is 55.7. The Morgan fingerprint density at radius 2 is 1.06 bits per heavy atom. The van der Waals surface area contributed by atoms with Gasteiger partial charge < -0.3 is 61.6 Å². The van der Waals surface area contributed by atoms with Gasteiger partial charge in [-0.05, 0) is 105 Å². The second-order valence-electron chi connectivity index (χ2n) is 21.6. The number of hydrogen-bond donors (Lipinski definition) is 0. The number of Topliss-reactive ketones (excluding diaryl/α,β-unsaturated/α-hetero) is 1. The smallest absolute Gasteiger partial charge is 0.338 e. The van der Waals surface area contributed by atoms with Gasteiger partial charge in [-0.15, -0.1) is 0 Å². The number of rotatable bonds is 20. The number of esters is 1. The monoisotopic (exact) mass is 1080 g/mol. The van der Waals surface area contributed by atoms with Crippen molar-refractivity contribution in [2.24, 2.45) is 50.9 Å². The van der Waals surface area contributed by atoms with Gasteiger partial charge in [-0.1, -0.05) is 95.9 Å². The maximum atomic E-state index is 13.9. The number of ether oxygens (including phenoxy) is 13. The number of benzene rings is 1.